The molecule has 4 rings (SSSR count). The fraction of sp³-hybridized carbons (Fsp3) is 0.526. The molecular formula is C19H24N4O2S. The number of nitrogens with one attached hydrogen (secondary N) is 1. The normalized spacial score (nSPS) is 23.3. The van der Waals surface area contributed by atoms with Crippen LogP contribution in [0.5, 0.6) is 0 Å². The SMILES string of the molecule is O=C(O)c1[nH]nnc1SC1CCC(c2ccc(N3CCCC3)cc2)CC1. The molecule has 1 aliphatic carbocycles. The van der Waals surface area contributed by atoms with E-state index < -0.39 is 5.97 Å². The highest BCUT2D eigenvalue weighted by molar-refractivity contribution is 7.99. The van der Waals surface area contributed by atoms with Gasteiger partial charge in [0.1, 0.15) is 0 Å². The first-order valence-electron chi connectivity index (χ1n) is 9.36. The summed E-state index contributed by atoms with van der Waals surface area (Å²) in [6.45, 7) is 2.37. The number of carboxylic acid groups (broad SMARTS) is 1. The van der Waals surface area contributed by atoms with E-state index in [9.17, 15) is 4.79 Å². The van der Waals surface area contributed by atoms with Gasteiger partial charge in [-0.1, -0.05) is 29.1 Å². The van der Waals surface area contributed by atoms with Crippen molar-refractivity contribution in [2.24, 2.45) is 0 Å². The number of carboxylic acids is 1. The Bertz CT molecular complexity index is 747. The molecule has 1 aromatic carbocycles. The fourth-order valence-corrected chi connectivity index (χ4v) is 5.21. The quantitative estimate of drug-likeness (QED) is 0.828. The van der Waals surface area contributed by atoms with Gasteiger partial charge in [-0.3, -0.25) is 5.10 Å². The second-order valence-corrected chi connectivity index (χ2v) is 8.46. The van der Waals surface area contributed by atoms with E-state index >= 15 is 0 Å². The van der Waals surface area contributed by atoms with Crippen LogP contribution in [0.25, 0.3) is 0 Å². The van der Waals surface area contributed by atoms with Crippen LogP contribution in [0.3, 0.4) is 0 Å². The highest BCUT2D eigenvalue weighted by Crippen LogP contribution is 2.40. The molecule has 0 spiro atoms. The molecule has 2 N–H and O–H groups in total. The van der Waals surface area contributed by atoms with Crippen LogP contribution in [-0.2, 0) is 0 Å². The van der Waals surface area contributed by atoms with Gasteiger partial charge in [-0.2, -0.15) is 0 Å². The monoisotopic (exact) mass is 372 g/mol. The Morgan fingerprint density at radius 2 is 1.81 bits per heavy atom. The number of carbonyl (C=O) groups is 1. The minimum absolute atomic E-state index is 0.106. The number of anilines is 1. The van der Waals surface area contributed by atoms with E-state index in [1.165, 1.54) is 37.2 Å². The predicted molar refractivity (Wildman–Crippen MR) is 102 cm³/mol. The summed E-state index contributed by atoms with van der Waals surface area (Å²) in [5, 5.41) is 20.1. The minimum atomic E-state index is -0.996. The smallest absolute Gasteiger partial charge is 0.356 e. The van der Waals surface area contributed by atoms with E-state index in [-0.39, 0.29) is 5.69 Å². The molecule has 2 aromatic rings. The van der Waals surface area contributed by atoms with Crippen molar-refractivity contribution in [1.29, 1.82) is 0 Å². The van der Waals surface area contributed by atoms with E-state index in [1.807, 2.05) is 0 Å². The van der Waals surface area contributed by atoms with Crippen LogP contribution < -0.4 is 4.90 Å². The maximum Gasteiger partial charge on any atom is 0.356 e. The maximum atomic E-state index is 11.2. The van der Waals surface area contributed by atoms with E-state index in [2.05, 4.69) is 44.6 Å². The summed E-state index contributed by atoms with van der Waals surface area (Å²) < 4.78 is 0. The second-order valence-electron chi connectivity index (χ2n) is 7.17. The van der Waals surface area contributed by atoms with Crippen molar-refractivity contribution in [2.45, 2.75) is 54.7 Å². The van der Waals surface area contributed by atoms with Crippen LogP contribution in [0.4, 0.5) is 5.69 Å². The number of nitrogens with zero attached hydrogens (tertiary/aromatic N) is 3. The molecule has 1 saturated carbocycles. The third kappa shape index (κ3) is 3.72. The predicted octanol–water partition coefficient (Wildman–Crippen LogP) is 3.92. The minimum Gasteiger partial charge on any atom is -0.476 e. The van der Waals surface area contributed by atoms with Crippen molar-refractivity contribution >= 4 is 23.4 Å². The summed E-state index contributed by atoms with van der Waals surface area (Å²) in [6.07, 6.45) is 7.04. The number of benzene rings is 1. The van der Waals surface area contributed by atoms with Crippen molar-refractivity contribution in [1.82, 2.24) is 15.4 Å². The first kappa shape index (κ1) is 17.4. The number of thioether (sulfide) groups is 1. The van der Waals surface area contributed by atoms with Crippen molar-refractivity contribution in [2.75, 3.05) is 18.0 Å². The summed E-state index contributed by atoms with van der Waals surface area (Å²) in [5.74, 6) is -0.389. The second kappa shape index (κ2) is 7.70. The average molecular weight is 372 g/mol. The van der Waals surface area contributed by atoms with Gasteiger partial charge < -0.3 is 10.0 Å². The average Bonchev–Trinajstić information content (AvgIpc) is 3.34. The highest BCUT2D eigenvalue weighted by Gasteiger charge is 2.26. The van der Waals surface area contributed by atoms with Gasteiger partial charge >= 0.3 is 5.97 Å². The van der Waals surface area contributed by atoms with Gasteiger partial charge in [0.15, 0.2) is 10.7 Å². The lowest BCUT2D eigenvalue weighted by Crippen LogP contribution is -2.18. The van der Waals surface area contributed by atoms with E-state index in [0.717, 1.165) is 25.7 Å². The molecule has 6 nitrogen and oxygen atoms in total. The van der Waals surface area contributed by atoms with Crippen LogP contribution in [0, 0.1) is 0 Å². The maximum absolute atomic E-state index is 11.2. The Balaban J connectivity index is 1.33. The van der Waals surface area contributed by atoms with Crippen LogP contribution >= 0.6 is 11.8 Å². The third-order valence-electron chi connectivity index (χ3n) is 5.52. The summed E-state index contributed by atoms with van der Waals surface area (Å²) in [6, 6.07) is 9.14. The van der Waals surface area contributed by atoms with E-state index in [1.54, 1.807) is 11.8 Å². The number of H-pyrrole nitrogens is 1. The molecule has 1 saturated heterocycles. The highest BCUT2D eigenvalue weighted by atomic mass is 32.2. The van der Waals surface area contributed by atoms with Crippen molar-refractivity contribution < 1.29 is 9.90 Å². The zero-order chi connectivity index (χ0) is 17.9. The molecule has 26 heavy (non-hydrogen) atoms. The van der Waals surface area contributed by atoms with E-state index in [0.29, 0.717) is 16.2 Å². The first-order valence-corrected chi connectivity index (χ1v) is 10.2. The molecule has 0 atom stereocenters. The van der Waals surface area contributed by atoms with Gasteiger partial charge in [-0.25, -0.2) is 4.79 Å². The van der Waals surface area contributed by atoms with Gasteiger partial charge in [0.25, 0.3) is 0 Å². The van der Waals surface area contributed by atoms with E-state index in [4.69, 9.17) is 5.11 Å². The topological polar surface area (TPSA) is 82.1 Å². The zero-order valence-electron chi connectivity index (χ0n) is 14.7. The number of rotatable bonds is 5. The number of hydrogen-bond donors (Lipinski definition) is 2. The fourth-order valence-electron chi connectivity index (χ4n) is 4.04. The van der Waals surface area contributed by atoms with Crippen LogP contribution in [-0.4, -0.2) is 44.8 Å². The number of hydrogen-bond acceptors (Lipinski definition) is 5. The van der Waals surface area contributed by atoms with Crippen LogP contribution in [0.15, 0.2) is 29.3 Å². The Morgan fingerprint density at radius 3 is 2.46 bits per heavy atom. The number of aromatic nitrogens is 3. The molecule has 2 fully saturated rings. The first-order chi connectivity index (χ1) is 12.7. The molecule has 0 bridgehead atoms. The van der Waals surface area contributed by atoms with Crippen LogP contribution in [0.1, 0.15) is 60.5 Å². The van der Waals surface area contributed by atoms with Gasteiger partial charge in [0, 0.05) is 24.0 Å². The third-order valence-corrected chi connectivity index (χ3v) is 6.83. The molecule has 138 valence electrons. The van der Waals surface area contributed by atoms with Crippen molar-refractivity contribution in [3.63, 3.8) is 0 Å². The Labute approximate surface area is 157 Å². The molecule has 0 amide bonds. The molecule has 2 heterocycles. The van der Waals surface area contributed by atoms with Crippen molar-refractivity contribution in [3.8, 4) is 0 Å². The molecule has 0 radical (unpaired) electrons. The van der Waals surface area contributed by atoms with Gasteiger partial charge in [0.2, 0.25) is 0 Å². The Morgan fingerprint density at radius 1 is 1.12 bits per heavy atom. The summed E-state index contributed by atoms with van der Waals surface area (Å²) in [4.78, 5) is 13.6. The largest absolute Gasteiger partial charge is 0.476 e. The number of aromatic carboxylic acids is 1. The molecule has 0 unspecified atom stereocenters. The lowest BCUT2D eigenvalue weighted by molar-refractivity contribution is 0.0686. The summed E-state index contributed by atoms with van der Waals surface area (Å²) >= 11 is 1.55. The summed E-state index contributed by atoms with van der Waals surface area (Å²) in [5.41, 5.74) is 2.89. The number of aromatic amines is 1. The van der Waals surface area contributed by atoms with Gasteiger partial charge in [0.05, 0.1) is 0 Å². The molecule has 2 aliphatic rings. The molecule has 1 aromatic heterocycles. The zero-order valence-corrected chi connectivity index (χ0v) is 15.5. The van der Waals surface area contributed by atoms with Crippen molar-refractivity contribution in [3.05, 3.63) is 35.5 Å². The lowest BCUT2D eigenvalue weighted by atomic mass is 9.84. The molecular weight excluding hydrogens is 348 g/mol. The molecule has 1 aliphatic heterocycles. The van der Waals surface area contributed by atoms with Crippen LogP contribution in [0.2, 0.25) is 0 Å². The lowest BCUT2D eigenvalue weighted by Gasteiger charge is -2.28. The molecule has 7 heteroatoms. The Hall–Kier alpha value is -2.02. The van der Waals surface area contributed by atoms with Gasteiger partial charge in [-0.15, -0.1) is 5.10 Å². The summed E-state index contributed by atoms with van der Waals surface area (Å²) in [7, 11) is 0. The van der Waals surface area contributed by atoms with Gasteiger partial charge in [-0.05, 0) is 62.1 Å². The standard InChI is InChI=1S/C19H24N4O2S/c24-19(25)17-18(21-22-20-17)26-16-9-5-14(6-10-16)13-3-7-15(8-4-13)23-11-1-2-12-23/h3-4,7-8,14,16H,1-2,5-6,9-12H2,(H,24,25)(H,20,21,22). The Kier molecular flexibility index (Phi) is 5.15.